The number of carbonyl (C=O) groups excluding carboxylic acids is 2. The number of hydrogen-bond acceptors (Lipinski definition) is 4. The molecular formula is C23H28N2O3S. The first-order chi connectivity index (χ1) is 14.1. The maximum atomic E-state index is 13.2. The Balaban J connectivity index is 1.50. The monoisotopic (exact) mass is 412 g/mol. The number of benzene rings is 1. The largest absolute Gasteiger partial charge is 0.491 e. The van der Waals surface area contributed by atoms with Crippen molar-refractivity contribution in [3.8, 4) is 5.75 Å². The second-order valence-corrected chi connectivity index (χ2v) is 8.86. The molecule has 1 aliphatic carbocycles. The number of rotatable bonds is 7. The Morgan fingerprint density at radius 3 is 2.76 bits per heavy atom. The summed E-state index contributed by atoms with van der Waals surface area (Å²) in [7, 11) is 0. The summed E-state index contributed by atoms with van der Waals surface area (Å²) in [5.41, 5.74) is 2.26. The highest BCUT2D eigenvalue weighted by atomic mass is 32.1. The summed E-state index contributed by atoms with van der Waals surface area (Å²) in [6, 6.07) is 9.94. The molecule has 154 valence electrons. The van der Waals surface area contributed by atoms with Crippen LogP contribution in [0.25, 0.3) is 0 Å². The van der Waals surface area contributed by atoms with Crippen molar-refractivity contribution in [2.75, 3.05) is 26.2 Å². The molecule has 2 amide bonds. The lowest BCUT2D eigenvalue weighted by atomic mass is 10.0. The SMILES string of the molecule is CCN(CC(=O)N1CCc2sccc2C1COc1ccccc1C)C(=O)C1CC1. The van der Waals surface area contributed by atoms with E-state index in [0.717, 1.165) is 30.6 Å². The van der Waals surface area contributed by atoms with Crippen LogP contribution >= 0.6 is 11.3 Å². The van der Waals surface area contributed by atoms with E-state index >= 15 is 0 Å². The van der Waals surface area contributed by atoms with Crippen LogP contribution in [-0.2, 0) is 16.0 Å². The van der Waals surface area contributed by atoms with Gasteiger partial charge in [0.25, 0.3) is 0 Å². The summed E-state index contributed by atoms with van der Waals surface area (Å²) >= 11 is 1.75. The standard InChI is InChI=1S/C23H28N2O3S/c1-3-24(23(27)17-8-9-17)14-22(26)25-12-10-21-18(11-13-29-21)19(25)15-28-20-7-5-4-6-16(20)2/h4-7,11,13,17,19H,3,8-10,12,14-15H2,1-2H3. The quantitative estimate of drug-likeness (QED) is 0.695. The highest BCUT2D eigenvalue weighted by Crippen LogP contribution is 2.35. The van der Waals surface area contributed by atoms with Gasteiger partial charge in [-0.3, -0.25) is 9.59 Å². The fourth-order valence-electron chi connectivity index (χ4n) is 3.95. The van der Waals surface area contributed by atoms with Crippen LogP contribution in [0.2, 0.25) is 0 Å². The lowest BCUT2D eigenvalue weighted by Gasteiger charge is -2.37. The molecular weight excluding hydrogens is 384 g/mol. The van der Waals surface area contributed by atoms with E-state index in [1.165, 1.54) is 10.4 Å². The van der Waals surface area contributed by atoms with Crippen LogP contribution in [0.15, 0.2) is 35.7 Å². The van der Waals surface area contributed by atoms with E-state index in [1.54, 1.807) is 16.2 Å². The number of amides is 2. The Hall–Kier alpha value is -2.34. The zero-order valence-electron chi connectivity index (χ0n) is 17.1. The Labute approximate surface area is 176 Å². The number of carbonyl (C=O) groups is 2. The number of likely N-dealkylation sites (N-methyl/N-ethyl adjacent to an activating group) is 1. The zero-order chi connectivity index (χ0) is 20.4. The number of nitrogens with zero attached hydrogens (tertiary/aromatic N) is 2. The first-order valence-corrected chi connectivity index (χ1v) is 11.3. The first-order valence-electron chi connectivity index (χ1n) is 10.4. The third-order valence-corrected chi connectivity index (χ3v) is 6.85. The summed E-state index contributed by atoms with van der Waals surface area (Å²) < 4.78 is 6.14. The number of aryl methyl sites for hydroxylation is 1. The molecule has 1 aromatic heterocycles. The van der Waals surface area contributed by atoms with E-state index in [2.05, 4.69) is 11.4 Å². The number of thiophene rings is 1. The molecule has 0 spiro atoms. The van der Waals surface area contributed by atoms with Gasteiger partial charge in [-0.2, -0.15) is 0 Å². The Morgan fingerprint density at radius 1 is 1.24 bits per heavy atom. The predicted molar refractivity (Wildman–Crippen MR) is 114 cm³/mol. The van der Waals surface area contributed by atoms with Crippen molar-refractivity contribution in [2.45, 2.75) is 39.2 Å². The molecule has 1 atom stereocenters. The molecule has 4 rings (SSSR count). The van der Waals surface area contributed by atoms with Gasteiger partial charge in [-0.15, -0.1) is 11.3 Å². The minimum atomic E-state index is -0.119. The first kappa shape index (κ1) is 20.0. The van der Waals surface area contributed by atoms with Crippen molar-refractivity contribution in [1.82, 2.24) is 9.80 Å². The molecule has 5 nitrogen and oxygen atoms in total. The van der Waals surface area contributed by atoms with Gasteiger partial charge in [-0.1, -0.05) is 18.2 Å². The molecule has 0 bridgehead atoms. The smallest absolute Gasteiger partial charge is 0.242 e. The summed E-state index contributed by atoms with van der Waals surface area (Å²) in [6.07, 6.45) is 2.78. The van der Waals surface area contributed by atoms with E-state index in [-0.39, 0.29) is 30.3 Å². The molecule has 2 aromatic rings. The van der Waals surface area contributed by atoms with Crippen LogP contribution in [0.1, 0.15) is 41.8 Å². The van der Waals surface area contributed by atoms with Gasteiger partial charge in [0.2, 0.25) is 11.8 Å². The summed E-state index contributed by atoms with van der Waals surface area (Å²) in [5, 5.41) is 2.09. The van der Waals surface area contributed by atoms with E-state index in [9.17, 15) is 9.59 Å². The highest BCUT2D eigenvalue weighted by Gasteiger charge is 2.36. The van der Waals surface area contributed by atoms with Crippen molar-refractivity contribution in [1.29, 1.82) is 0 Å². The fourth-order valence-corrected chi connectivity index (χ4v) is 4.88. The maximum Gasteiger partial charge on any atom is 0.242 e. The molecule has 0 N–H and O–H groups in total. The van der Waals surface area contributed by atoms with Gasteiger partial charge in [-0.25, -0.2) is 0 Å². The summed E-state index contributed by atoms with van der Waals surface area (Å²) in [4.78, 5) is 30.6. The Kier molecular flexibility index (Phi) is 5.90. The highest BCUT2D eigenvalue weighted by molar-refractivity contribution is 7.10. The van der Waals surface area contributed by atoms with Gasteiger partial charge in [0.15, 0.2) is 0 Å². The van der Waals surface area contributed by atoms with Crippen molar-refractivity contribution >= 4 is 23.2 Å². The predicted octanol–water partition coefficient (Wildman–Crippen LogP) is 3.82. The molecule has 1 fully saturated rings. The zero-order valence-corrected chi connectivity index (χ0v) is 17.9. The van der Waals surface area contributed by atoms with E-state index in [4.69, 9.17) is 4.74 Å². The van der Waals surface area contributed by atoms with Crippen LogP contribution < -0.4 is 4.74 Å². The second kappa shape index (κ2) is 8.57. The minimum Gasteiger partial charge on any atom is -0.491 e. The van der Waals surface area contributed by atoms with Gasteiger partial charge in [-0.05, 0) is 61.7 Å². The van der Waals surface area contributed by atoms with E-state index in [1.807, 2.05) is 43.0 Å². The summed E-state index contributed by atoms with van der Waals surface area (Å²) in [6.45, 7) is 5.79. The van der Waals surface area contributed by atoms with E-state index < -0.39 is 0 Å². The van der Waals surface area contributed by atoms with Gasteiger partial charge in [0.1, 0.15) is 12.4 Å². The van der Waals surface area contributed by atoms with Crippen LogP contribution in [0.4, 0.5) is 0 Å². The lowest BCUT2D eigenvalue weighted by molar-refractivity contribution is -0.143. The van der Waals surface area contributed by atoms with Crippen molar-refractivity contribution in [3.63, 3.8) is 0 Å². The normalized spacial score (nSPS) is 18.3. The van der Waals surface area contributed by atoms with Crippen molar-refractivity contribution < 1.29 is 14.3 Å². The number of para-hydroxylation sites is 1. The van der Waals surface area contributed by atoms with Crippen LogP contribution in [0.3, 0.4) is 0 Å². The lowest BCUT2D eigenvalue weighted by Crippen LogP contribution is -2.48. The average Bonchev–Trinajstić information content (AvgIpc) is 3.47. The third-order valence-electron chi connectivity index (χ3n) is 5.85. The minimum absolute atomic E-state index is 0.0103. The third kappa shape index (κ3) is 4.32. The number of fused-ring (bicyclic) bond motifs is 1. The molecule has 0 saturated heterocycles. The molecule has 1 saturated carbocycles. The van der Waals surface area contributed by atoms with Gasteiger partial charge in [0, 0.05) is 23.9 Å². The molecule has 0 radical (unpaired) electrons. The van der Waals surface area contributed by atoms with Crippen molar-refractivity contribution in [2.24, 2.45) is 5.92 Å². The molecule has 2 heterocycles. The van der Waals surface area contributed by atoms with Crippen LogP contribution in [-0.4, -0.2) is 47.9 Å². The van der Waals surface area contributed by atoms with Gasteiger partial charge in [0.05, 0.1) is 12.6 Å². The Morgan fingerprint density at radius 2 is 2.03 bits per heavy atom. The number of hydrogen-bond donors (Lipinski definition) is 0. The fraction of sp³-hybridized carbons (Fsp3) is 0.478. The molecule has 1 aromatic carbocycles. The maximum absolute atomic E-state index is 13.2. The van der Waals surface area contributed by atoms with Gasteiger partial charge >= 0.3 is 0 Å². The topological polar surface area (TPSA) is 49.9 Å². The Bertz CT molecular complexity index is 890. The molecule has 1 unspecified atom stereocenters. The van der Waals surface area contributed by atoms with Crippen LogP contribution in [0.5, 0.6) is 5.75 Å². The summed E-state index contributed by atoms with van der Waals surface area (Å²) in [5.74, 6) is 1.12. The van der Waals surface area contributed by atoms with E-state index in [0.29, 0.717) is 19.7 Å². The van der Waals surface area contributed by atoms with Crippen LogP contribution in [0, 0.1) is 12.8 Å². The van der Waals surface area contributed by atoms with Gasteiger partial charge < -0.3 is 14.5 Å². The molecule has 1 aliphatic heterocycles. The molecule has 29 heavy (non-hydrogen) atoms. The number of ether oxygens (including phenoxy) is 1. The second-order valence-electron chi connectivity index (χ2n) is 7.86. The van der Waals surface area contributed by atoms with Crippen molar-refractivity contribution in [3.05, 3.63) is 51.7 Å². The molecule has 2 aliphatic rings. The molecule has 6 heteroatoms. The average molecular weight is 413 g/mol.